The van der Waals surface area contributed by atoms with E-state index in [9.17, 15) is 4.39 Å². The Balaban J connectivity index is 1.83. The van der Waals surface area contributed by atoms with Gasteiger partial charge in [-0.3, -0.25) is 0 Å². The number of rotatable bonds is 4. The van der Waals surface area contributed by atoms with E-state index in [4.69, 9.17) is 4.74 Å². The van der Waals surface area contributed by atoms with Crippen LogP contribution in [0.2, 0.25) is 0 Å². The zero-order valence-corrected chi connectivity index (χ0v) is 11.0. The van der Waals surface area contributed by atoms with Crippen molar-refractivity contribution < 1.29 is 9.13 Å². The maximum absolute atomic E-state index is 12.6. The van der Waals surface area contributed by atoms with Gasteiger partial charge in [-0.25, -0.2) is 14.4 Å². The third-order valence-electron chi connectivity index (χ3n) is 1.82. The monoisotopic (exact) mass is 314 g/mol. The van der Waals surface area contributed by atoms with Crippen molar-refractivity contribution in [1.82, 2.24) is 9.97 Å². The maximum Gasteiger partial charge on any atom is 0.317 e. The van der Waals surface area contributed by atoms with Crippen LogP contribution in [0.4, 0.5) is 4.39 Å². The second-order valence-corrected chi connectivity index (χ2v) is 4.96. The van der Waals surface area contributed by atoms with Crippen molar-refractivity contribution in [2.75, 3.05) is 5.94 Å². The molecule has 88 valence electrons. The van der Waals surface area contributed by atoms with Gasteiger partial charge < -0.3 is 4.74 Å². The highest BCUT2D eigenvalue weighted by Crippen LogP contribution is 2.18. The van der Waals surface area contributed by atoms with E-state index in [1.807, 2.05) is 0 Å². The van der Waals surface area contributed by atoms with Crippen molar-refractivity contribution in [1.29, 1.82) is 0 Å². The van der Waals surface area contributed by atoms with E-state index >= 15 is 0 Å². The fourth-order valence-corrected chi connectivity index (χ4v) is 1.89. The van der Waals surface area contributed by atoms with Gasteiger partial charge in [0.25, 0.3) is 0 Å². The van der Waals surface area contributed by atoms with E-state index in [2.05, 4.69) is 25.9 Å². The number of ether oxygens (including phenoxy) is 1. The van der Waals surface area contributed by atoms with Gasteiger partial charge in [0, 0.05) is 17.3 Å². The molecule has 0 radical (unpaired) electrons. The summed E-state index contributed by atoms with van der Waals surface area (Å²) >= 11 is 4.68. The quantitative estimate of drug-likeness (QED) is 0.639. The van der Waals surface area contributed by atoms with Crippen LogP contribution in [0.1, 0.15) is 0 Å². The molecule has 2 aromatic rings. The minimum absolute atomic E-state index is 0.244. The van der Waals surface area contributed by atoms with Crippen molar-refractivity contribution in [3.63, 3.8) is 0 Å². The molecule has 0 aliphatic heterocycles. The van der Waals surface area contributed by atoms with E-state index in [-0.39, 0.29) is 5.82 Å². The summed E-state index contributed by atoms with van der Waals surface area (Å²) in [5, 5.41) is 0. The van der Waals surface area contributed by atoms with Crippen molar-refractivity contribution >= 4 is 27.7 Å². The number of hydrogen-bond donors (Lipinski definition) is 0. The molecule has 2 rings (SSSR count). The Bertz CT molecular complexity index is 432. The molecule has 0 saturated carbocycles. The van der Waals surface area contributed by atoms with E-state index in [0.717, 1.165) is 9.37 Å². The molecule has 0 fully saturated rings. The molecule has 1 aromatic heterocycles. The number of thioether (sulfide) groups is 1. The lowest BCUT2D eigenvalue weighted by molar-refractivity contribution is 0.359. The van der Waals surface area contributed by atoms with Crippen LogP contribution in [0.25, 0.3) is 0 Å². The van der Waals surface area contributed by atoms with E-state index < -0.39 is 0 Å². The molecule has 17 heavy (non-hydrogen) atoms. The highest BCUT2D eigenvalue weighted by Gasteiger charge is 1.99. The van der Waals surface area contributed by atoms with Crippen LogP contribution < -0.4 is 4.74 Å². The van der Waals surface area contributed by atoms with Crippen LogP contribution in [0.15, 0.2) is 46.0 Å². The smallest absolute Gasteiger partial charge is 0.317 e. The average molecular weight is 315 g/mol. The summed E-state index contributed by atoms with van der Waals surface area (Å²) in [5.41, 5.74) is 0. The van der Waals surface area contributed by atoms with E-state index in [1.54, 1.807) is 24.5 Å². The summed E-state index contributed by atoms with van der Waals surface area (Å²) in [4.78, 5) is 8.87. The van der Waals surface area contributed by atoms with Crippen molar-refractivity contribution in [3.05, 3.63) is 46.9 Å². The SMILES string of the molecule is Fc1ccc(SCOc2ncc(Br)cn2)cc1. The molecule has 0 aliphatic carbocycles. The lowest BCUT2D eigenvalue weighted by Gasteiger charge is -2.03. The lowest BCUT2D eigenvalue weighted by atomic mass is 10.4. The molecular weight excluding hydrogens is 307 g/mol. The van der Waals surface area contributed by atoms with Gasteiger partial charge in [0.15, 0.2) is 0 Å². The van der Waals surface area contributed by atoms with Gasteiger partial charge >= 0.3 is 6.01 Å². The zero-order valence-electron chi connectivity index (χ0n) is 8.64. The standard InChI is InChI=1S/C11H8BrFN2OS/c12-8-5-14-11(15-6-8)16-7-17-10-3-1-9(13)2-4-10/h1-6H,7H2. The van der Waals surface area contributed by atoms with Crippen LogP contribution in [-0.2, 0) is 0 Å². The van der Waals surface area contributed by atoms with Gasteiger partial charge in [-0.2, -0.15) is 0 Å². The van der Waals surface area contributed by atoms with Gasteiger partial charge in [-0.15, -0.1) is 0 Å². The molecule has 0 aliphatic rings. The molecule has 0 N–H and O–H groups in total. The third-order valence-corrected chi connectivity index (χ3v) is 3.07. The Labute approximate surface area is 111 Å². The first-order chi connectivity index (χ1) is 8.24. The van der Waals surface area contributed by atoms with Crippen molar-refractivity contribution in [2.24, 2.45) is 0 Å². The van der Waals surface area contributed by atoms with Gasteiger partial charge in [-0.1, -0.05) is 11.8 Å². The van der Waals surface area contributed by atoms with Gasteiger partial charge in [0.05, 0.1) is 4.47 Å². The maximum atomic E-state index is 12.6. The predicted octanol–water partition coefficient (Wildman–Crippen LogP) is 3.51. The summed E-state index contributed by atoms with van der Waals surface area (Å²) < 4.78 is 18.8. The molecule has 0 amide bonds. The second kappa shape index (κ2) is 5.97. The van der Waals surface area contributed by atoms with Crippen LogP contribution in [0, 0.1) is 5.82 Å². The highest BCUT2D eigenvalue weighted by atomic mass is 79.9. The summed E-state index contributed by atoms with van der Waals surface area (Å²) in [7, 11) is 0. The molecule has 1 aromatic carbocycles. The first-order valence-electron chi connectivity index (χ1n) is 4.73. The van der Waals surface area contributed by atoms with Crippen LogP contribution in [0.3, 0.4) is 0 Å². The summed E-state index contributed by atoms with van der Waals surface area (Å²) in [5.74, 6) is 0.138. The second-order valence-electron chi connectivity index (χ2n) is 3.04. The van der Waals surface area contributed by atoms with E-state index in [1.165, 1.54) is 23.9 Å². The minimum Gasteiger partial charge on any atom is -0.452 e. The fourth-order valence-electron chi connectivity index (χ4n) is 1.06. The lowest BCUT2D eigenvalue weighted by Crippen LogP contribution is -1.97. The molecular formula is C11H8BrFN2OS. The molecule has 0 atom stereocenters. The minimum atomic E-state index is -0.244. The highest BCUT2D eigenvalue weighted by molar-refractivity contribution is 9.10. The van der Waals surface area contributed by atoms with Crippen molar-refractivity contribution in [3.8, 4) is 6.01 Å². The fraction of sp³-hybridized carbons (Fsp3) is 0.0909. The summed E-state index contributed by atoms with van der Waals surface area (Å²) in [6, 6.07) is 6.55. The molecule has 3 nitrogen and oxygen atoms in total. The molecule has 6 heteroatoms. The molecule has 0 spiro atoms. The molecule has 0 unspecified atom stereocenters. The molecule has 1 heterocycles. The third kappa shape index (κ3) is 3.98. The Morgan fingerprint density at radius 3 is 2.47 bits per heavy atom. The van der Waals surface area contributed by atoms with Gasteiger partial charge in [-0.05, 0) is 40.2 Å². The van der Waals surface area contributed by atoms with Crippen LogP contribution in [0.5, 0.6) is 6.01 Å². The largest absolute Gasteiger partial charge is 0.452 e. The number of halogens is 2. The van der Waals surface area contributed by atoms with Gasteiger partial charge in [0.2, 0.25) is 0 Å². The Hall–Kier alpha value is -1.14. The number of nitrogens with zero attached hydrogens (tertiary/aromatic N) is 2. The predicted molar refractivity (Wildman–Crippen MR) is 67.5 cm³/mol. The Kier molecular flexibility index (Phi) is 4.33. The summed E-state index contributed by atoms with van der Waals surface area (Å²) in [6.45, 7) is 0. The first kappa shape index (κ1) is 12.3. The topological polar surface area (TPSA) is 35.0 Å². The van der Waals surface area contributed by atoms with Crippen LogP contribution in [-0.4, -0.2) is 15.9 Å². The normalized spacial score (nSPS) is 10.2. The number of aromatic nitrogens is 2. The average Bonchev–Trinajstić information content (AvgIpc) is 2.34. The Morgan fingerprint density at radius 1 is 1.18 bits per heavy atom. The number of benzene rings is 1. The number of hydrogen-bond acceptors (Lipinski definition) is 4. The van der Waals surface area contributed by atoms with Crippen molar-refractivity contribution in [2.45, 2.75) is 4.90 Å². The van der Waals surface area contributed by atoms with E-state index in [0.29, 0.717) is 11.9 Å². The van der Waals surface area contributed by atoms with Crippen LogP contribution >= 0.6 is 27.7 Å². The zero-order chi connectivity index (χ0) is 12.1. The molecule has 0 bridgehead atoms. The Morgan fingerprint density at radius 2 is 1.82 bits per heavy atom. The van der Waals surface area contributed by atoms with Gasteiger partial charge in [0.1, 0.15) is 11.8 Å². The summed E-state index contributed by atoms with van der Waals surface area (Å²) in [6.07, 6.45) is 3.23. The first-order valence-corrected chi connectivity index (χ1v) is 6.50. The molecule has 0 saturated heterocycles.